The number of benzene rings is 2. The number of nitriles is 1. The first-order valence-electron chi connectivity index (χ1n) is 8.64. The van der Waals surface area contributed by atoms with Gasteiger partial charge >= 0.3 is 5.97 Å². The van der Waals surface area contributed by atoms with Crippen LogP contribution in [0.25, 0.3) is 0 Å². The zero-order chi connectivity index (χ0) is 20.3. The Balaban J connectivity index is 2.18. The number of hydrogen-bond acceptors (Lipinski definition) is 4. The lowest BCUT2D eigenvalue weighted by atomic mass is 9.80. The summed E-state index contributed by atoms with van der Waals surface area (Å²) in [6.07, 6.45) is 0.477. The highest BCUT2D eigenvalue weighted by molar-refractivity contribution is 6.31. The third-order valence-corrected chi connectivity index (χ3v) is 5.00. The fraction of sp³-hybridized carbons (Fsp3) is 0.182. The molecule has 2 aromatic rings. The third kappa shape index (κ3) is 3.78. The zero-order valence-corrected chi connectivity index (χ0v) is 16.2. The van der Waals surface area contributed by atoms with Crippen molar-refractivity contribution in [2.75, 3.05) is 7.11 Å². The lowest BCUT2D eigenvalue weighted by Crippen LogP contribution is -2.30. The molecule has 28 heavy (non-hydrogen) atoms. The van der Waals surface area contributed by atoms with Gasteiger partial charge in [0.05, 0.1) is 30.2 Å². The highest BCUT2D eigenvalue weighted by Gasteiger charge is 2.36. The van der Waals surface area contributed by atoms with E-state index in [2.05, 4.69) is 11.4 Å². The topological polar surface area (TPSA) is 62.1 Å². The van der Waals surface area contributed by atoms with Crippen LogP contribution >= 0.6 is 11.6 Å². The van der Waals surface area contributed by atoms with Crippen molar-refractivity contribution < 1.29 is 13.9 Å². The van der Waals surface area contributed by atoms with Gasteiger partial charge in [0.2, 0.25) is 0 Å². The number of methoxy groups -OCH3 is 1. The van der Waals surface area contributed by atoms with Crippen LogP contribution in [-0.4, -0.2) is 13.1 Å². The quantitative estimate of drug-likeness (QED) is 0.765. The summed E-state index contributed by atoms with van der Waals surface area (Å²) in [4.78, 5) is 12.5. The largest absolute Gasteiger partial charge is 0.466 e. The number of esters is 1. The molecule has 4 nitrogen and oxygen atoms in total. The summed E-state index contributed by atoms with van der Waals surface area (Å²) in [5, 5.41) is 13.3. The van der Waals surface area contributed by atoms with Crippen LogP contribution in [0.3, 0.4) is 0 Å². The van der Waals surface area contributed by atoms with Crippen LogP contribution in [0.2, 0.25) is 5.02 Å². The van der Waals surface area contributed by atoms with Crippen molar-refractivity contribution >= 4 is 17.6 Å². The van der Waals surface area contributed by atoms with Crippen LogP contribution in [-0.2, 0) is 16.0 Å². The average molecular weight is 397 g/mol. The van der Waals surface area contributed by atoms with Gasteiger partial charge < -0.3 is 10.1 Å². The number of carbonyl (C=O) groups excluding carboxylic acids is 1. The summed E-state index contributed by atoms with van der Waals surface area (Å²) >= 11 is 6.29. The lowest BCUT2D eigenvalue weighted by Gasteiger charge is -2.30. The molecule has 6 heteroatoms. The molecule has 2 aromatic carbocycles. The van der Waals surface area contributed by atoms with Gasteiger partial charge in [-0.25, -0.2) is 9.18 Å². The van der Waals surface area contributed by atoms with E-state index in [4.69, 9.17) is 16.3 Å². The molecule has 1 aliphatic rings. The van der Waals surface area contributed by atoms with Crippen molar-refractivity contribution in [3.63, 3.8) is 0 Å². The number of hydrogen-bond donors (Lipinski definition) is 1. The molecule has 0 bridgehead atoms. The van der Waals surface area contributed by atoms with Crippen LogP contribution < -0.4 is 5.32 Å². The van der Waals surface area contributed by atoms with Gasteiger partial charge in [0.15, 0.2) is 0 Å². The number of halogens is 2. The van der Waals surface area contributed by atoms with Crippen LogP contribution in [0, 0.1) is 17.1 Å². The lowest BCUT2D eigenvalue weighted by molar-refractivity contribution is -0.136. The normalized spacial score (nSPS) is 16.5. The second-order valence-corrected chi connectivity index (χ2v) is 6.83. The smallest absolute Gasteiger partial charge is 0.336 e. The predicted molar refractivity (Wildman–Crippen MR) is 105 cm³/mol. The Morgan fingerprint density at radius 3 is 2.61 bits per heavy atom. The number of rotatable bonds is 4. The molecule has 0 aromatic heterocycles. The molecule has 0 spiro atoms. The van der Waals surface area contributed by atoms with Gasteiger partial charge in [-0.05, 0) is 30.2 Å². The predicted octanol–water partition coefficient (Wildman–Crippen LogP) is 4.63. The maximum Gasteiger partial charge on any atom is 0.336 e. The van der Waals surface area contributed by atoms with E-state index in [1.54, 1.807) is 6.92 Å². The maximum absolute atomic E-state index is 13.6. The van der Waals surface area contributed by atoms with E-state index < -0.39 is 17.7 Å². The van der Waals surface area contributed by atoms with Gasteiger partial charge in [0.25, 0.3) is 0 Å². The minimum absolute atomic E-state index is 0.146. The molecule has 1 aliphatic heterocycles. The van der Waals surface area contributed by atoms with Crippen molar-refractivity contribution in [1.29, 1.82) is 5.26 Å². The number of nitrogens with one attached hydrogen (secondary N) is 1. The van der Waals surface area contributed by atoms with Crippen LogP contribution in [0.5, 0.6) is 0 Å². The number of carbonyl (C=O) groups is 1. The van der Waals surface area contributed by atoms with Crippen molar-refractivity contribution in [3.05, 3.63) is 93.0 Å². The van der Waals surface area contributed by atoms with E-state index in [1.165, 1.54) is 25.3 Å². The Labute approximate surface area is 167 Å². The average Bonchev–Trinajstić information content (AvgIpc) is 2.68. The first-order chi connectivity index (χ1) is 13.5. The zero-order valence-electron chi connectivity index (χ0n) is 15.4. The Morgan fingerprint density at radius 2 is 2.00 bits per heavy atom. The molecule has 1 atom stereocenters. The molecule has 0 radical (unpaired) electrons. The Hall–Kier alpha value is -3.10. The van der Waals surface area contributed by atoms with Crippen molar-refractivity contribution in [2.24, 2.45) is 0 Å². The minimum atomic E-state index is -0.745. The highest BCUT2D eigenvalue weighted by Crippen LogP contribution is 2.41. The molecule has 0 saturated heterocycles. The number of dihydropyridines is 1. The summed E-state index contributed by atoms with van der Waals surface area (Å²) in [5.74, 6) is -1.80. The van der Waals surface area contributed by atoms with E-state index >= 15 is 0 Å². The first kappa shape index (κ1) is 19.7. The maximum atomic E-state index is 13.6. The molecule has 0 amide bonds. The summed E-state index contributed by atoms with van der Waals surface area (Å²) in [5.41, 5.74) is 3.36. The second-order valence-electron chi connectivity index (χ2n) is 6.42. The van der Waals surface area contributed by atoms with E-state index in [9.17, 15) is 14.4 Å². The van der Waals surface area contributed by atoms with E-state index in [1.807, 2.05) is 30.3 Å². The summed E-state index contributed by atoms with van der Waals surface area (Å²) < 4.78 is 18.5. The fourth-order valence-electron chi connectivity index (χ4n) is 3.40. The van der Waals surface area contributed by atoms with Crippen molar-refractivity contribution in [3.8, 4) is 6.07 Å². The fourth-order valence-corrected chi connectivity index (χ4v) is 3.67. The molecular weight excluding hydrogens is 379 g/mol. The number of nitrogens with zero attached hydrogens (tertiary/aromatic N) is 1. The first-order valence-corrected chi connectivity index (χ1v) is 9.02. The SMILES string of the molecule is COC(=O)C1=C(C)NC(Cc2ccccc2)=C(C#N)C1c1ccc(F)cc1Cl. The molecule has 0 saturated carbocycles. The van der Waals surface area contributed by atoms with Gasteiger partial charge in [0.1, 0.15) is 5.82 Å². The van der Waals surface area contributed by atoms with Crippen LogP contribution in [0.15, 0.2) is 71.1 Å². The summed E-state index contributed by atoms with van der Waals surface area (Å²) in [6, 6.07) is 15.8. The van der Waals surface area contributed by atoms with Crippen LogP contribution in [0.4, 0.5) is 4.39 Å². The van der Waals surface area contributed by atoms with Crippen molar-refractivity contribution in [1.82, 2.24) is 5.32 Å². The molecule has 3 rings (SSSR count). The number of allylic oxidation sites excluding steroid dienone is 3. The molecule has 1 unspecified atom stereocenters. The molecule has 0 aliphatic carbocycles. The Bertz CT molecular complexity index is 1020. The van der Waals surface area contributed by atoms with Gasteiger partial charge in [0, 0.05) is 22.8 Å². The highest BCUT2D eigenvalue weighted by atomic mass is 35.5. The third-order valence-electron chi connectivity index (χ3n) is 4.67. The standard InChI is InChI=1S/C22H18ClFN2O2/c1-13-20(22(27)28-2)21(16-9-8-15(24)11-18(16)23)17(12-25)19(26-13)10-14-6-4-3-5-7-14/h3-9,11,21,26H,10H2,1-2H3. The molecular formula is C22H18ClFN2O2. The van der Waals surface area contributed by atoms with Crippen LogP contribution in [0.1, 0.15) is 24.0 Å². The Kier molecular flexibility index (Phi) is 5.81. The Morgan fingerprint density at radius 1 is 1.29 bits per heavy atom. The van der Waals surface area contributed by atoms with Gasteiger partial charge in [-0.3, -0.25) is 0 Å². The van der Waals surface area contributed by atoms with Crippen molar-refractivity contribution in [2.45, 2.75) is 19.3 Å². The van der Waals surface area contributed by atoms with Gasteiger partial charge in [-0.15, -0.1) is 0 Å². The van der Waals surface area contributed by atoms with Gasteiger partial charge in [-0.1, -0.05) is 48.0 Å². The summed E-state index contributed by atoms with van der Waals surface area (Å²) in [7, 11) is 1.28. The molecule has 0 fully saturated rings. The molecule has 1 N–H and O–H groups in total. The minimum Gasteiger partial charge on any atom is -0.466 e. The monoisotopic (exact) mass is 396 g/mol. The second kappa shape index (κ2) is 8.28. The van der Waals surface area contributed by atoms with E-state index in [0.717, 1.165) is 5.56 Å². The molecule has 1 heterocycles. The van der Waals surface area contributed by atoms with Gasteiger partial charge in [-0.2, -0.15) is 5.26 Å². The summed E-state index contributed by atoms with van der Waals surface area (Å²) in [6.45, 7) is 1.75. The van der Waals surface area contributed by atoms with E-state index in [0.29, 0.717) is 29.0 Å². The number of ether oxygens (including phenoxy) is 1. The van der Waals surface area contributed by atoms with E-state index in [-0.39, 0.29) is 10.6 Å². The molecule has 142 valence electrons.